The Hall–Kier alpha value is -2.07. The lowest BCUT2D eigenvalue weighted by atomic mass is 10.2. The maximum atomic E-state index is 10.9. The highest BCUT2D eigenvalue weighted by atomic mass is 32.2. The quantitative estimate of drug-likeness (QED) is 0.514. The highest BCUT2D eigenvalue weighted by molar-refractivity contribution is 7.85. The molecule has 0 aliphatic heterocycles. The lowest BCUT2D eigenvalue weighted by Crippen LogP contribution is -2.06. The van der Waals surface area contributed by atoms with Gasteiger partial charge in [0.25, 0.3) is 10.1 Å². The molecular weight excluding hydrogens is 380 g/mol. The summed E-state index contributed by atoms with van der Waals surface area (Å²) in [5.41, 5.74) is 2.46. The van der Waals surface area contributed by atoms with E-state index < -0.39 is 10.1 Å². The molecule has 0 fully saturated rings. The van der Waals surface area contributed by atoms with Gasteiger partial charge in [0.2, 0.25) is 0 Å². The van der Waals surface area contributed by atoms with Crippen molar-refractivity contribution in [1.82, 2.24) is 9.97 Å². The number of hydrogen-bond acceptors (Lipinski definition) is 7. The fourth-order valence-electron chi connectivity index (χ4n) is 2.47. The summed E-state index contributed by atoms with van der Waals surface area (Å²) in [6, 6.07) is 10.6. The molecule has 9 heteroatoms. The van der Waals surface area contributed by atoms with Crippen LogP contribution in [0.15, 0.2) is 36.4 Å². The van der Waals surface area contributed by atoms with Gasteiger partial charge in [-0.2, -0.15) is 8.42 Å². The Morgan fingerprint density at radius 3 is 2.16 bits per heavy atom. The van der Waals surface area contributed by atoms with Crippen molar-refractivity contribution in [2.75, 3.05) is 5.75 Å². The first-order valence-electron chi connectivity index (χ1n) is 7.32. The summed E-state index contributed by atoms with van der Waals surface area (Å²) in [6.07, 6.45) is 0.252. The maximum Gasteiger partial charge on any atom is 0.265 e. The third-order valence-corrected chi connectivity index (χ3v) is 6.56. The zero-order valence-electron chi connectivity index (χ0n) is 12.7. The van der Waals surface area contributed by atoms with Crippen LogP contribution in [0.2, 0.25) is 0 Å². The van der Waals surface area contributed by atoms with Crippen LogP contribution in [-0.4, -0.2) is 33.8 Å². The number of phenolic OH excluding ortho intramolecular Hbond substituents is 1. The van der Waals surface area contributed by atoms with Crippen molar-refractivity contribution in [2.24, 2.45) is 0 Å². The summed E-state index contributed by atoms with van der Waals surface area (Å²) in [5.74, 6) is -0.0959. The van der Waals surface area contributed by atoms with Gasteiger partial charge in [0.1, 0.15) is 5.75 Å². The van der Waals surface area contributed by atoms with E-state index in [1.807, 2.05) is 18.2 Å². The summed E-state index contributed by atoms with van der Waals surface area (Å²) in [6.45, 7) is 0. The van der Waals surface area contributed by atoms with Gasteiger partial charge >= 0.3 is 0 Å². The molecule has 6 nitrogen and oxygen atoms in total. The Kier molecular flexibility index (Phi) is 3.95. The van der Waals surface area contributed by atoms with Crippen molar-refractivity contribution in [3.8, 4) is 15.8 Å². The molecule has 0 bridgehead atoms. The number of nitrogens with zero attached hydrogens (tertiary/aromatic N) is 2. The average Bonchev–Trinajstić information content (AvgIpc) is 3.14. The van der Waals surface area contributed by atoms with Gasteiger partial charge in [0, 0.05) is 0 Å². The van der Waals surface area contributed by atoms with Gasteiger partial charge < -0.3 is 5.11 Å². The fraction of sp³-hybridized carbons (Fsp3) is 0.125. The molecule has 0 aliphatic carbocycles. The number of benzene rings is 2. The number of aromatic hydroxyl groups is 1. The van der Waals surface area contributed by atoms with Crippen molar-refractivity contribution >= 4 is 53.2 Å². The Balaban J connectivity index is 1.70. The van der Waals surface area contributed by atoms with Crippen LogP contribution in [0, 0.1) is 0 Å². The largest absolute Gasteiger partial charge is 0.508 e. The van der Waals surface area contributed by atoms with Crippen molar-refractivity contribution in [2.45, 2.75) is 6.42 Å². The summed E-state index contributed by atoms with van der Waals surface area (Å²) in [7, 11) is -3.97. The zero-order chi connectivity index (χ0) is 17.6. The molecule has 0 aliphatic rings. The lowest BCUT2D eigenvalue weighted by Gasteiger charge is -1.98. The number of aryl methyl sites for hydroxylation is 1. The van der Waals surface area contributed by atoms with Crippen molar-refractivity contribution in [3.05, 3.63) is 42.0 Å². The van der Waals surface area contributed by atoms with Gasteiger partial charge in [-0.1, -0.05) is 6.07 Å². The molecule has 4 rings (SSSR count). The van der Waals surface area contributed by atoms with Crippen LogP contribution in [0.5, 0.6) is 5.75 Å². The predicted octanol–water partition coefficient (Wildman–Crippen LogP) is 3.71. The number of hydrogen-bond donors (Lipinski definition) is 2. The van der Waals surface area contributed by atoms with Crippen LogP contribution in [0.25, 0.3) is 30.4 Å². The Morgan fingerprint density at radius 2 is 1.52 bits per heavy atom. The normalized spacial score (nSPS) is 12.2. The van der Waals surface area contributed by atoms with E-state index in [4.69, 9.17) is 4.55 Å². The van der Waals surface area contributed by atoms with Crippen LogP contribution in [-0.2, 0) is 16.5 Å². The standard InChI is InChI=1S/C16H12N2O4S3/c19-10-2-4-12-14(8-10)24-16(18-12)15-17-11-3-1-9(7-13(11)23-15)5-6-25(20,21)22/h1-4,7-8,19H,5-6H2,(H,20,21,22). The molecule has 128 valence electrons. The molecule has 0 unspecified atom stereocenters. The Bertz CT molecular complexity index is 1190. The van der Waals surface area contributed by atoms with E-state index >= 15 is 0 Å². The first kappa shape index (κ1) is 16.4. The van der Waals surface area contributed by atoms with Gasteiger partial charge in [-0.15, -0.1) is 22.7 Å². The first-order chi connectivity index (χ1) is 11.9. The molecule has 2 heterocycles. The fourth-order valence-corrected chi connectivity index (χ4v) is 5.01. The molecular formula is C16H12N2O4S3. The molecule has 2 aromatic heterocycles. The second-order valence-electron chi connectivity index (χ2n) is 5.53. The highest BCUT2D eigenvalue weighted by Gasteiger charge is 2.13. The molecule has 0 amide bonds. The Labute approximate surface area is 151 Å². The topological polar surface area (TPSA) is 100 Å². The van der Waals surface area contributed by atoms with Crippen LogP contribution in [0.4, 0.5) is 0 Å². The van der Waals surface area contributed by atoms with Crippen molar-refractivity contribution < 1.29 is 18.1 Å². The minimum Gasteiger partial charge on any atom is -0.508 e. The van der Waals surface area contributed by atoms with E-state index in [-0.39, 0.29) is 17.9 Å². The molecule has 0 spiro atoms. The summed E-state index contributed by atoms with van der Waals surface area (Å²) in [4.78, 5) is 9.14. The molecule has 2 N–H and O–H groups in total. The lowest BCUT2D eigenvalue weighted by molar-refractivity contribution is 0.476. The molecule has 4 aromatic rings. The van der Waals surface area contributed by atoms with E-state index in [0.29, 0.717) is 0 Å². The number of aromatic nitrogens is 2. The summed E-state index contributed by atoms with van der Waals surface area (Å²) < 4.78 is 32.5. The number of fused-ring (bicyclic) bond motifs is 2. The zero-order valence-corrected chi connectivity index (χ0v) is 15.2. The third kappa shape index (κ3) is 3.49. The second-order valence-corrected chi connectivity index (χ2v) is 9.16. The average molecular weight is 392 g/mol. The Morgan fingerprint density at radius 1 is 0.920 bits per heavy atom. The third-order valence-electron chi connectivity index (χ3n) is 3.66. The molecule has 0 radical (unpaired) electrons. The van der Waals surface area contributed by atoms with E-state index in [1.165, 1.54) is 22.7 Å². The van der Waals surface area contributed by atoms with Crippen LogP contribution in [0.1, 0.15) is 5.56 Å². The number of phenols is 1. The smallest absolute Gasteiger partial charge is 0.265 e. The predicted molar refractivity (Wildman–Crippen MR) is 100 cm³/mol. The van der Waals surface area contributed by atoms with Gasteiger partial charge in [0.15, 0.2) is 10.0 Å². The van der Waals surface area contributed by atoms with E-state index in [1.54, 1.807) is 18.2 Å². The second kappa shape index (κ2) is 6.03. The highest BCUT2D eigenvalue weighted by Crippen LogP contribution is 2.36. The van der Waals surface area contributed by atoms with Crippen molar-refractivity contribution in [1.29, 1.82) is 0 Å². The summed E-state index contributed by atoms with van der Waals surface area (Å²) in [5, 5.41) is 11.1. The number of rotatable bonds is 4. The SMILES string of the molecule is O=S(=O)(O)CCc1ccc2nc(-c3nc4ccc(O)cc4s3)sc2c1. The van der Waals surface area contributed by atoms with Crippen molar-refractivity contribution in [3.63, 3.8) is 0 Å². The van der Waals surface area contributed by atoms with Gasteiger partial charge in [0.05, 0.1) is 26.2 Å². The van der Waals surface area contributed by atoms with Gasteiger partial charge in [-0.05, 0) is 42.3 Å². The first-order valence-corrected chi connectivity index (χ1v) is 10.6. The minimum absolute atomic E-state index is 0.204. The summed E-state index contributed by atoms with van der Waals surface area (Å²) >= 11 is 2.94. The molecule has 2 aromatic carbocycles. The van der Waals surface area contributed by atoms with Gasteiger partial charge in [-0.3, -0.25) is 4.55 Å². The van der Waals surface area contributed by atoms with E-state index in [2.05, 4.69) is 9.97 Å². The van der Waals surface area contributed by atoms with E-state index in [0.717, 1.165) is 36.0 Å². The molecule has 0 saturated heterocycles. The van der Waals surface area contributed by atoms with Gasteiger partial charge in [-0.25, -0.2) is 9.97 Å². The van der Waals surface area contributed by atoms with Crippen LogP contribution in [0.3, 0.4) is 0 Å². The minimum atomic E-state index is -3.97. The monoisotopic (exact) mass is 392 g/mol. The number of thiazole rings is 2. The molecule has 0 saturated carbocycles. The van der Waals surface area contributed by atoms with Crippen LogP contribution < -0.4 is 0 Å². The van der Waals surface area contributed by atoms with E-state index in [9.17, 15) is 13.5 Å². The maximum absolute atomic E-state index is 10.9. The van der Waals surface area contributed by atoms with Crippen LogP contribution >= 0.6 is 22.7 Å². The molecule has 25 heavy (non-hydrogen) atoms. The molecule has 0 atom stereocenters.